The van der Waals surface area contributed by atoms with Gasteiger partial charge in [0.25, 0.3) is 0 Å². The molecular weight excluding hydrogens is 424 g/mol. The lowest BCUT2D eigenvalue weighted by atomic mass is 10.0. The molecule has 3 aromatic rings. The molecule has 1 aliphatic rings. The van der Waals surface area contributed by atoms with Crippen molar-refractivity contribution in [3.05, 3.63) is 89.0 Å². The lowest BCUT2D eigenvalue weighted by Gasteiger charge is -2.31. The Hall–Kier alpha value is -3.80. The van der Waals surface area contributed by atoms with Crippen LogP contribution in [0.4, 0.5) is 17.1 Å². The molecule has 0 spiro atoms. The standard InChI is InChI=1S/C28H32N4O2/c1-19-9-12-23(17-20(19)2)30-28(34)27(33)29-18-26(22-10-13-24(14-11-22)31(3)4)32-16-15-21-7-5-6-8-25(21)32/h5-14,17,26H,15-16,18H2,1-4H3,(H,29,33)(H,30,34). The van der Waals surface area contributed by atoms with Crippen molar-refractivity contribution < 1.29 is 9.59 Å². The van der Waals surface area contributed by atoms with E-state index in [1.807, 2.05) is 52.2 Å². The van der Waals surface area contributed by atoms with Gasteiger partial charge in [0.05, 0.1) is 6.04 Å². The quantitative estimate of drug-likeness (QED) is 0.545. The molecule has 0 radical (unpaired) electrons. The highest BCUT2D eigenvalue weighted by atomic mass is 16.2. The molecule has 4 rings (SSSR count). The maximum atomic E-state index is 12.7. The molecule has 6 heteroatoms. The summed E-state index contributed by atoms with van der Waals surface area (Å²) in [4.78, 5) is 29.6. The largest absolute Gasteiger partial charge is 0.378 e. The molecule has 0 bridgehead atoms. The van der Waals surface area contributed by atoms with Crippen LogP contribution in [0.3, 0.4) is 0 Å². The molecule has 3 aromatic carbocycles. The first-order chi connectivity index (χ1) is 16.3. The summed E-state index contributed by atoms with van der Waals surface area (Å²) in [6.45, 7) is 5.18. The fourth-order valence-electron chi connectivity index (χ4n) is 4.37. The van der Waals surface area contributed by atoms with Gasteiger partial charge in [-0.2, -0.15) is 0 Å². The van der Waals surface area contributed by atoms with Crippen molar-refractivity contribution in [3.8, 4) is 0 Å². The van der Waals surface area contributed by atoms with Crippen LogP contribution in [0, 0.1) is 13.8 Å². The Kier molecular flexibility index (Phi) is 6.87. The number of hydrogen-bond donors (Lipinski definition) is 2. The molecule has 0 aliphatic carbocycles. The summed E-state index contributed by atoms with van der Waals surface area (Å²) < 4.78 is 0. The van der Waals surface area contributed by atoms with Gasteiger partial charge in [-0.1, -0.05) is 36.4 Å². The fraction of sp³-hybridized carbons (Fsp3) is 0.286. The third-order valence-electron chi connectivity index (χ3n) is 6.52. The van der Waals surface area contributed by atoms with E-state index in [4.69, 9.17) is 0 Å². The number of hydrogen-bond acceptors (Lipinski definition) is 4. The number of nitrogens with zero attached hydrogens (tertiary/aromatic N) is 2. The lowest BCUT2D eigenvalue weighted by molar-refractivity contribution is -0.136. The van der Waals surface area contributed by atoms with Gasteiger partial charge in [-0.25, -0.2) is 0 Å². The molecule has 2 amide bonds. The number of rotatable bonds is 6. The molecule has 0 saturated carbocycles. The number of amides is 2. The normalized spacial score (nSPS) is 13.2. The average molecular weight is 457 g/mol. The number of carbonyl (C=O) groups excluding carboxylic acids is 2. The second-order valence-electron chi connectivity index (χ2n) is 9.04. The van der Waals surface area contributed by atoms with E-state index in [0.717, 1.165) is 35.3 Å². The summed E-state index contributed by atoms with van der Waals surface area (Å²) in [6, 6.07) is 22.3. The molecule has 176 valence electrons. The first kappa shape index (κ1) is 23.4. The van der Waals surface area contributed by atoms with Gasteiger partial charge in [0.2, 0.25) is 0 Å². The Bertz CT molecular complexity index is 1190. The molecule has 34 heavy (non-hydrogen) atoms. The lowest BCUT2D eigenvalue weighted by Crippen LogP contribution is -2.41. The van der Waals surface area contributed by atoms with Crippen LogP contribution in [0.5, 0.6) is 0 Å². The highest BCUT2D eigenvalue weighted by molar-refractivity contribution is 6.39. The number of para-hydroxylation sites is 1. The molecule has 1 atom stereocenters. The zero-order valence-corrected chi connectivity index (χ0v) is 20.3. The van der Waals surface area contributed by atoms with Crippen molar-refractivity contribution in [1.82, 2.24) is 5.32 Å². The van der Waals surface area contributed by atoms with E-state index in [9.17, 15) is 9.59 Å². The van der Waals surface area contributed by atoms with E-state index < -0.39 is 11.8 Å². The van der Waals surface area contributed by atoms with Crippen LogP contribution in [-0.4, -0.2) is 39.0 Å². The van der Waals surface area contributed by atoms with Crippen LogP contribution in [0.1, 0.15) is 28.3 Å². The number of nitrogens with one attached hydrogen (secondary N) is 2. The molecule has 1 unspecified atom stereocenters. The number of anilines is 3. The maximum Gasteiger partial charge on any atom is 0.313 e. The predicted octanol–water partition coefficient (Wildman–Crippen LogP) is 4.23. The number of benzene rings is 3. The van der Waals surface area contributed by atoms with E-state index in [0.29, 0.717) is 12.2 Å². The summed E-state index contributed by atoms with van der Waals surface area (Å²) in [6.07, 6.45) is 0.962. The van der Waals surface area contributed by atoms with Gasteiger partial charge in [0.1, 0.15) is 0 Å². The molecule has 2 N–H and O–H groups in total. The van der Waals surface area contributed by atoms with E-state index in [1.54, 1.807) is 0 Å². The van der Waals surface area contributed by atoms with Crippen LogP contribution in [0.15, 0.2) is 66.7 Å². The number of carbonyl (C=O) groups is 2. The minimum Gasteiger partial charge on any atom is -0.378 e. The van der Waals surface area contributed by atoms with Crippen LogP contribution in [0.25, 0.3) is 0 Å². The van der Waals surface area contributed by atoms with E-state index in [-0.39, 0.29) is 6.04 Å². The first-order valence-corrected chi connectivity index (χ1v) is 11.6. The van der Waals surface area contributed by atoms with E-state index in [1.165, 1.54) is 11.3 Å². The maximum absolute atomic E-state index is 12.7. The van der Waals surface area contributed by atoms with Crippen molar-refractivity contribution in [2.45, 2.75) is 26.3 Å². The van der Waals surface area contributed by atoms with Crippen LogP contribution in [0.2, 0.25) is 0 Å². The van der Waals surface area contributed by atoms with E-state index in [2.05, 4.69) is 62.9 Å². The van der Waals surface area contributed by atoms with Crippen LogP contribution in [-0.2, 0) is 16.0 Å². The summed E-state index contributed by atoms with van der Waals surface area (Å²) in [5.74, 6) is -1.30. The highest BCUT2D eigenvalue weighted by Crippen LogP contribution is 2.35. The van der Waals surface area contributed by atoms with Crippen molar-refractivity contribution in [3.63, 3.8) is 0 Å². The summed E-state index contributed by atoms with van der Waals surface area (Å²) in [7, 11) is 4.02. The van der Waals surface area contributed by atoms with Crippen LogP contribution >= 0.6 is 0 Å². The smallest absolute Gasteiger partial charge is 0.313 e. The van der Waals surface area contributed by atoms with Gasteiger partial charge >= 0.3 is 11.8 Å². The Morgan fingerprint density at radius 1 is 0.941 bits per heavy atom. The molecular formula is C28H32N4O2. The number of fused-ring (bicyclic) bond motifs is 1. The third-order valence-corrected chi connectivity index (χ3v) is 6.52. The van der Waals surface area contributed by atoms with Crippen molar-refractivity contribution in [1.29, 1.82) is 0 Å². The predicted molar refractivity (Wildman–Crippen MR) is 139 cm³/mol. The second-order valence-corrected chi connectivity index (χ2v) is 9.04. The fourth-order valence-corrected chi connectivity index (χ4v) is 4.37. The third kappa shape index (κ3) is 5.06. The monoisotopic (exact) mass is 456 g/mol. The van der Waals surface area contributed by atoms with Gasteiger partial charge in [0.15, 0.2) is 0 Å². The zero-order valence-electron chi connectivity index (χ0n) is 20.3. The van der Waals surface area contributed by atoms with Gasteiger partial charge in [-0.05, 0) is 72.9 Å². The Morgan fingerprint density at radius 2 is 1.68 bits per heavy atom. The molecule has 0 saturated heterocycles. The van der Waals surface area contributed by atoms with Gasteiger partial charge in [-0.15, -0.1) is 0 Å². The van der Waals surface area contributed by atoms with Gasteiger partial charge in [-0.3, -0.25) is 9.59 Å². The summed E-state index contributed by atoms with van der Waals surface area (Å²) >= 11 is 0. The van der Waals surface area contributed by atoms with E-state index >= 15 is 0 Å². The van der Waals surface area contributed by atoms with Crippen molar-refractivity contribution >= 4 is 28.9 Å². The molecule has 1 aliphatic heterocycles. The molecule has 1 heterocycles. The van der Waals surface area contributed by atoms with Crippen molar-refractivity contribution in [2.75, 3.05) is 42.3 Å². The molecule has 6 nitrogen and oxygen atoms in total. The second kappa shape index (κ2) is 10.00. The topological polar surface area (TPSA) is 64.7 Å². The first-order valence-electron chi connectivity index (χ1n) is 11.6. The molecule has 0 aromatic heterocycles. The average Bonchev–Trinajstić information content (AvgIpc) is 3.26. The highest BCUT2D eigenvalue weighted by Gasteiger charge is 2.28. The Labute approximate surface area is 201 Å². The number of aryl methyl sites for hydroxylation is 2. The Balaban J connectivity index is 1.51. The zero-order chi connectivity index (χ0) is 24.2. The van der Waals surface area contributed by atoms with Crippen molar-refractivity contribution in [2.24, 2.45) is 0 Å². The van der Waals surface area contributed by atoms with Gasteiger partial charge < -0.3 is 20.4 Å². The minimum absolute atomic E-state index is 0.0850. The SMILES string of the molecule is Cc1ccc(NC(=O)C(=O)NCC(c2ccc(N(C)C)cc2)N2CCc3ccccc32)cc1C. The summed E-state index contributed by atoms with van der Waals surface area (Å²) in [5.41, 5.74) is 7.50. The Morgan fingerprint density at radius 3 is 2.38 bits per heavy atom. The molecule has 0 fully saturated rings. The summed E-state index contributed by atoms with van der Waals surface area (Å²) in [5, 5.41) is 5.58. The minimum atomic E-state index is -0.660. The van der Waals surface area contributed by atoms with Crippen LogP contribution < -0.4 is 20.4 Å². The van der Waals surface area contributed by atoms with Gasteiger partial charge in [0, 0.05) is 44.2 Å².